The van der Waals surface area contributed by atoms with Crippen molar-refractivity contribution in [2.75, 3.05) is 18.5 Å². The summed E-state index contributed by atoms with van der Waals surface area (Å²) in [6.45, 7) is 4.10. The second-order valence-electron chi connectivity index (χ2n) is 4.33. The van der Waals surface area contributed by atoms with Crippen LogP contribution in [-0.2, 0) is 6.54 Å². The van der Waals surface area contributed by atoms with Crippen LogP contribution in [0.4, 0.5) is 5.69 Å². The summed E-state index contributed by atoms with van der Waals surface area (Å²) in [5.74, 6) is 0. The Morgan fingerprint density at radius 2 is 2.19 bits per heavy atom. The van der Waals surface area contributed by atoms with E-state index in [-0.39, 0.29) is 0 Å². The van der Waals surface area contributed by atoms with Crippen LogP contribution < -0.4 is 10.2 Å². The minimum Gasteiger partial charge on any atom is -0.368 e. The van der Waals surface area contributed by atoms with Crippen molar-refractivity contribution in [1.29, 1.82) is 0 Å². The van der Waals surface area contributed by atoms with Crippen LogP contribution in [0.15, 0.2) is 18.2 Å². The van der Waals surface area contributed by atoms with Crippen molar-refractivity contribution in [2.24, 2.45) is 0 Å². The average Bonchev–Trinajstić information content (AvgIpc) is 3.07. The molecule has 1 aliphatic rings. The molecule has 0 saturated heterocycles. The summed E-state index contributed by atoms with van der Waals surface area (Å²) in [6.07, 6.45) is 2.62. The summed E-state index contributed by atoms with van der Waals surface area (Å²) in [6, 6.07) is 7.09. The van der Waals surface area contributed by atoms with Crippen LogP contribution in [0.5, 0.6) is 0 Å². The van der Waals surface area contributed by atoms with Gasteiger partial charge in [0.05, 0.1) is 10.7 Å². The highest BCUT2D eigenvalue weighted by Gasteiger charge is 2.29. The highest BCUT2D eigenvalue weighted by molar-refractivity contribution is 6.33. The van der Waals surface area contributed by atoms with Crippen molar-refractivity contribution in [2.45, 2.75) is 32.4 Å². The lowest BCUT2D eigenvalue weighted by Crippen LogP contribution is -2.25. The first-order valence-corrected chi connectivity index (χ1v) is 6.33. The Hall–Kier alpha value is -0.730. The van der Waals surface area contributed by atoms with E-state index in [1.807, 2.05) is 7.05 Å². The van der Waals surface area contributed by atoms with E-state index >= 15 is 0 Å². The lowest BCUT2D eigenvalue weighted by molar-refractivity contribution is 0.810. The van der Waals surface area contributed by atoms with Crippen molar-refractivity contribution in [3.05, 3.63) is 28.8 Å². The van der Waals surface area contributed by atoms with Gasteiger partial charge in [-0.25, -0.2) is 0 Å². The van der Waals surface area contributed by atoms with E-state index in [9.17, 15) is 0 Å². The first kappa shape index (κ1) is 11.7. The van der Waals surface area contributed by atoms with E-state index in [0.717, 1.165) is 24.2 Å². The van der Waals surface area contributed by atoms with Gasteiger partial charge >= 0.3 is 0 Å². The van der Waals surface area contributed by atoms with E-state index in [4.69, 9.17) is 11.6 Å². The van der Waals surface area contributed by atoms with Crippen molar-refractivity contribution in [1.82, 2.24) is 5.32 Å². The van der Waals surface area contributed by atoms with Crippen LogP contribution in [0, 0.1) is 0 Å². The molecular weight excluding hydrogens is 220 g/mol. The third-order valence-corrected chi connectivity index (χ3v) is 3.33. The monoisotopic (exact) mass is 238 g/mol. The highest BCUT2D eigenvalue weighted by atomic mass is 35.5. The molecular formula is C13H19ClN2. The maximum atomic E-state index is 6.34. The van der Waals surface area contributed by atoms with Gasteiger partial charge in [0, 0.05) is 19.1 Å². The predicted octanol–water partition coefficient (Wildman–Crippen LogP) is 3.05. The molecule has 0 spiro atoms. The molecule has 0 amide bonds. The lowest BCUT2D eigenvalue weighted by atomic mass is 10.2. The lowest BCUT2D eigenvalue weighted by Gasteiger charge is -2.24. The molecule has 1 saturated carbocycles. The number of benzene rings is 1. The molecule has 0 heterocycles. The first-order valence-electron chi connectivity index (χ1n) is 5.96. The van der Waals surface area contributed by atoms with Gasteiger partial charge in [-0.15, -0.1) is 0 Å². The zero-order chi connectivity index (χ0) is 11.5. The molecule has 1 aromatic rings. The molecule has 1 aliphatic carbocycles. The Morgan fingerprint density at radius 1 is 1.44 bits per heavy atom. The van der Waals surface area contributed by atoms with Gasteiger partial charge < -0.3 is 10.2 Å². The topological polar surface area (TPSA) is 15.3 Å². The van der Waals surface area contributed by atoms with Gasteiger partial charge in [0.2, 0.25) is 0 Å². The molecule has 3 heteroatoms. The SMILES string of the molecule is CCN(c1ccc(CNC)cc1Cl)C1CC1. The fourth-order valence-electron chi connectivity index (χ4n) is 2.11. The van der Waals surface area contributed by atoms with Crippen LogP contribution in [0.2, 0.25) is 5.02 Å². The van der Waals surface area contributed by atoms with E-state index in [1.165, 1.54) is 24.1 Å². The van der Waals surface area contributed by atoms with Crippen LogP contribution >= 0.6 is 11.6 Å². The number of nitrogens with one attached hydrogen (secondary N) is 1. The number of hydrogen-bond acceptors (Lipinski definition) is 2. The van der Waals surface area contributed by atoms with Gasteiger partial charge in [-0.2, -0.15) is 0 Å². The highest BCUT2D eigenvalue weighted by Crippen LogP contribution is 2.35. The van der Waals surface area contributed by atoms with Crippen LogP contribution in [0.25, 0.3) is 0 Å². The Balaban J connectivity index is 2.20. The summed E-state index contributed by atoms with van der Waals surface area (Å²) >= 11 is 6.34. The fraction of sp³-hybridized carbons (Fsp3) is 0.538. The summed E-state index contributed by atoms with van der Waals surface area (Å²) in [4.78, 5) is 2.41. The number of anilines is 1. The van der Waals surface area contributed by atoms with Crippen molar-refractivity contribution < 1.29 is 0 Å². The second kappa shape index (κ2) is 5.07. The van der Waals surface area contributed by atoms with Gasteiger partial charge in [0.1, 0.15) is 0 Å². The van der Waals surface area contributed by atoms with E-state index < -0.39 is 0 Å². The summed E-state index contributed by atoms with van der Waals surface area (Å²) < 4.78 is 0. The molecule has 0 aromatic heterocycles. The molecule has 2 nitrogen and oxygen atoms in total. The van der Waals surface area contributed by atoms with Gasteiger partial charge in [-0.1, -0.05) is 17.7 Å². The van der Waals surface area contributed by atoms with Gasteiger partial charge in [-0.05, 0) is 44.5 Å². The van der Waals surface area contributed by atoms with Gasteiger partial charge in [-0.3, -0.25) is 0 Å². The van der Waals surface area contributed by atoms with Gasteiger partial charge in [0.15, 0.2) is 0 Å². The third kappa shape index (κ3) is 2.50. The number of hydrogen-bond donors (Lipinski definition) is 1. The van der Waals surface area contributed by atoms with E-state index in [1.54, 1.807) is 0 Å². The quantitative estimate of drug-likeness (QED) is 0.848. The number of rotatable bonds is 5. The molecule has 0 radical (unpaired) electrons. The molecule has 1 N–H and O–H groups in total. The molecule has 0 bridgehead atoms. The van der Waals surface area contributed by atoms with Crippen molar-refractivity contribution in [3.63, 3.8) is 0 Å². The van der Waals surface area contributed by atoms with Crippen LogP contribution in [0.3, 0.4) is 0 Å². The Labute approximate surface area is 103 Å². The first-order chi connectivity index (χ1) is 7.76. The Kier molecular flexibility index (Phi) is 3.72. The molecule has 0 aliphatic heterocycles. The minimum atomic E-state index is 0.720. The zero-order valence-corrected chi connectivity index (χ0v) is 10.7. The Morgan fingerprint density at radius 3 is 2.69 bits per heavy atom. The fourth-order valence-corrected chi connectivity index (χ4v) is 2.42. The predicted molar refractivity (Wildman–Crippen MR) is 70.3 cm³/mol. The largest absolute Gasteiger partial charge is 0.368 e. The van der Waals surface area contributed by atoms with Crippen molar-refractivity contribution in [3.8, 4) is 0 Å². The molecule has 0 unspecified atom stereocenters. The molecule has 16 heavy (non-hydrogen) atoms. The van der Waals surface area contributed by atoms with Crippen LogP contribution in [-0.4, -0.2) is 19.6 Å². The molecule has 0 atom stereocenters. The summed E-state index contributed by atoms with van der Waals surface area (Å²) in [5, 5.41) is 4.01. The Bertz CT molecular complexity index is 361. The van der Waals surface area contributed by atoms with Crippen molar-refractivity contribution >= 4 is 17.3 Å². The molecule has 1 fully saturated rings. The van der Waals surface area contributed by atoms with E-state index in [0.29, 0.717) is 0 Å². The number of nitrogens with zero attached hydrogens (tertiary/aromatic N) is 1. The number of halogens is 1. The average molecular weight is 239 g/mol. The van der Waals surface area contributed by atoms with Crippen LogP contribution in [0.1, 0.15) is 25.3 Å². The smallest absolute Gasteiger partial charge is 0.0642 e. The second-order valence-corrected chi connectivity index (χ2v) is 4.74. The molecule has 2 rings (SSSR count). The zero-order valence-electron chi connectivity index (χ0n) is 9.96. The van der Waals surface area contributed by atoms with Gasteiger partial charge in [0.25, 0.3) is 0 Å². The maximum Gasteiger partial charge on any atom is 0.0642 e. The summed E-state index contributed by atoms with van der Waals surface area (Å²) in [5.41, 5.74) is 2.43. The summed E-state index contributed by atoms with van der Waals surface area (Å²) in [7, 11) is 1.95. The van der Waals surface area contributed by atoms with E-state index in [2.05, 4.69) is 35.3 Å². The molecule has 1 aromatic carbocycles. The molecule has 88 valence electrons. The maximum absolute atomic E-state index is 6.34. The third-order valence-electron chi connectivity index (χ3n) is 3.03. The normalized spacial score (nSPS) is 15.2. The minimum absolute atomic E-state index is 0.720. The standard InChI is InChI=1S/C13H19ClN2/c1-3-16(11-5-6-11)13-7-4-10(9-15-2)8-12(13)14/h4,7-8,11,15H,3,5-6,9H2,1-2H3.